The number of carbonyl (C=O) groups excluding carboxylic acids is 3. The van der Waals surface area contributed by atoms with E-state index >= 15 is 0 Å². The number of amides is 1. The van der Waals surface area contributed by atoms with Crippen molar-refractivity contribution in [3.63, 3.8) is 0 Å². The van der Waals surface area contributed by atoms with Crippen LogP contribution in [0.1, 0.15) is 38.8 Å². The van der Waals surface area contributed by atoms with Crippen LogP contribution in [0.3, 0.4) is 0 Å². The van der Waals surface area contributed by atoms with Gasteiger partial charge in [0.25, 0.3) is 0 Å². The number of carbonyl (C=O) groups is 3. The molecule has 1 aliphatic carbocycles. The number of nitrogens with one attached hydrogen (secondary N) is 1. The zero-order chi connectivity index (χ0) is 27.6. The molecular weight excluding hydrogens is 520 g/mol. The summed E-state index contributed by atoms with van der Waals surface area (Å²) in [5.74, 6) is -0.739. The van der Waals surface area contributed by atoms with Gasteiger partial charge in [0, 0.05) is 39.1 Å². The lowest BCUT2D eigenvalue weighted by atomic mass is 9.84. The van der Waals surface area contributed by atoms with Crippen LogP contribution in [0, 0.1) is 0 Å². The summed E-state index contributed by atoms with van der Waals surface area (Å²) in [6.07, 6.45) is 0. The summed E-state index contributed by atoms with van der Waals surface area (Å²) in [5, 5.41) is 11.4. The number of rotatable bonds is 6. The van der Waals surface area contributed by atoms with Crippen LogP contribution in [-0.2, 0) is 4.79 Å². The van der Waals surface area contributed by atoms with E-state index in [1.165, 1.54) is 11.8 Å². The van der Waals surface area contributed by atoms with Gasteiger partial charge in [-0.1, -0.05) is 96.7 Å². The Kier molecular flexibility index (Phi) is 6.76. The molecule has 0 radical (unpaired) electrons. The van der Waals surface area contributed by atoms with Crippen LogP contribution in [-0.4, -0.2) is 37.9 Å². The van der Waals surface area contributed by atoms with Crippen LogP contribution in [0.2, 0.25) is 0 Å². The minimum Gasteiger partial charge on any atom is -0.325 e. The predicted molar refractivity (Wildman–Crippen MR) is 154 cm³/mol. The van der Waals surface area contributed by atoms with Crippen LogP contribution in [0.15, 0.2) is 108 Å². The molecule has 1 unspecified atom stereocenters. The quantitative estimate of drug-likeness (QED) is 0.254. The van der Waals surface area contributed by atoms with Gasteiger partial charge in [0.05, 0.1) is 5.25 Å². The van der Waals surface area contributed by atoms with Gasteiger partial charge in [0.2, 0.25) is 11.1 Å². The second-order valence-electron chi connectivity index (χ2n) is 9.24. The van der Waals surface area contributed by atoms with Crippen molar-refractivity contribution in [1.82, 2.24) is 15.2 Å². The fourth-order valence-electron chi connectivity index (χ4n) is 4.58. The Balaban J connectivity index is 1.23. The Morgan fingerprint density at radius 3 is 1.88 bits per heavy atom. The average molecular weight is 543 g/mol. The second kappa shape index (κ2) is 10.7. The number of anilines is 1. The Hall–Kier alpha value is -4.95. The molecular formula is C32H22N4O3S. The Bertz CT molecular complexity index is 1770. The molecule has 0 saturated carbocycles. The molecule has 6 rings (SSSR count). The molecule has 4 aromatic carbocycles. The van der Waals surface area contributed by atoms with E-state index in [1.807, 2.05) is 60.7 Å². The van der Waals surface area contributed by atoms with Gasteiger partial charge < -0.3 is 5.32 Å². The highest BCUT2D eigenvalue weighted by Gasteiger charge is 2.29. The first-order chi connectivity index (χ1) is 19.5. The first-order valence-corrected chi connectivity index (χ1v) is 13.5. The number of ketones is 2. The van der Waals surface area contributed by atoms with Gasteiger partial charge in [0.1, 0.15) is 11.4 Å². The monoisotopic (exact) mass is 542 g/mol. The molecule has 0 bridgehead atoms. The van der Waals surface area contributed by atoms with Crippen molar-refractivity contribution in [2.45, 2.75) is 17.3 Å². The van der Waals surface area contributed by atoms with Crippen molar-refractivity contribution >= 4 is 34.9 Å². The molecule has 1 aromatic heterocycles. The van der Waals surface area contributed by atoms with Crippen LogP contribution in [0.5, 0.6) is 0 Å². The van der Waals surface area contributed by atoms with E-state index in [0.29, 0.717) is 38.9 Å². The van der Waals surface area contributed by atoms with Gasteiger partial charge in [-0.25, -0.2) is 4.98 Å². The lowest BCUT2D eigenvalue weighted by Crippen LogP contribution is -2.24. The topological polar surface area (TPSA) is 102 Å². The Labute approximate surface area is 234 Å². The van der Waals surface area contributed by atoms with Gasteiger partial charge in [-0.2, -0.15) is 0 Å². The van der Waals surface area contributed by atoms with Gasteiger partial charge in [0.15, 0.2) is 11.6 Å². The van der Waals surface area contributed by atoms with Crippen molar-refractivity contribution in [1.29, 1.82) is 0 Å². The van der Waals surface area contributed by atoms with Crippen LogP contribution >= 0.6 is 11.8 Å². The normalized spacial score (nSPS) is 12.8. The molecule has 0 spiro atoms. The Morgan fingerprint density at radius 1 is 0.675 bits per heavy atom. The number of thioether (sulfide) groups is 1. The number of benzene rings is 4. The predicted octanol–water partition coefficient (Wildman–Crippen LogP) is 6.10. The third-order valence-electron chi connectivity index (χ3n) is 6.61. The van der Waals surface area contributed by atoms with Crippen molar-refractivity contribution in [2.24, 2.45) is 0 Å². The molecule has 194 valence electrons. The Morgan fingerprint density at radius 2 is 1.23 bits per heavy atom. The SMILES string of the molecule is CC(Sc1nnc(-c2ccccc2)c(-c2ccccc2)n1)C(=O)Nc1ccc2c(c1)C(=O)c1ccccc1C2=O. The minimum absolute atomic E-state index is 0.204. The maximum absolute atomic E-state index is 13.1. The molecule has 1 atom stereocenters. The summed E-state index contributed by atoms with van der Waals surface area (Å²) in [6, 6.07) is 31.0. The molecule has 1 amide bonds. The van der Waals surface area contributed by atoms with E-state index in [2.05, 4.69) is 15.5 Å². The summed E-state index contributed by atoms with van der Waals surface area (Å²) < 4.78 is 0. The highest BCUT2D eigenvalue weighted by molar-refractivity contribution is 8.00. The van der Waals surface area contributed by atoms with Crippen LogP contribution in [0.4, 0.5) is 5.69 Å². The van der Waals surface area contributed by atoms with Gasteiger partial charge in [-0.15, -0.1) is 10.2 Å². The smallest absolute Gasteiger partial charge is 0.237 e. The van der Waals surface area contributed by atoms with Gasteiger partial charge in [-0.05, 0) is 25.1 Å². The fraction of sp³-hybridized carbons (Fsp3) is 0.0625. The summed E-state index contributed by atoms with van der Waals surface area (Å²) >= 11 is 1.19. The fourth-order valence-corrected chi connectivity index (χ4v) is 5.30. The maximum Gasteiger partial charge on any atom is 0.237 e. The van der Waals surface area contributed by atoms with E-state index in [1.54, 1.807) is 49.4 Å². The molecule has 1 aliphatic rings. The molecule has 1 heterocycles. The second-order valence-corrected chi connectivity index (χ2v) is 10.5. The average Bonchev–Trinajstić information content (AvgIpc) is 3.00. The summed E-state index contributed by atoms with van der Waals surface area (Å²) in [5.41, 5.74) is 4.91. The molecule has 0 fully saturated rings. The lowest BCUT2D eigenvalue weighted by molar-refractivity contribution is -0.115. The van der Waals surface area contributed by atoms with Crippen molar-refractivity contribution in [2.75, 3.05) is 5.32 Å². The van der Waals surface area contributed by atoms with Crippen molar-refractivity contribution < 1.29 is 14.4 Å². The molecule has 0 saturated heterocycles. The van der Waals surface area contributed by atoms with E-state index in [4.69, 9.17) is 4.98 Å². The molecule has 1 N–H and O–H groups in total. The summed E-state index contributed by atoms with van der Waals surface area (Å²) in [6.45, 7) is 1.75. The lowest BCUT2D eigenvalue weighted by Gasteiger charge is -2.18. The molecule has 7 nitrogen and oxygen atoms in total. The van der Waals surface area contributed by atoms with E-state index in [0.717, 1.165) is 11.1 Å². The summed E-state index contributed by atoms with van der Waals surface area (Å²) in [7, 11) is 0. The van der Waals surface area contributed by atoms with E-state index < -0.39 is 5.25 Å². The van der Waals surface area contributed by atoms with Crippen molar-refractivity contribution in [3.05, 3.63) is 125 Å². The van der Waals surface area contributed by atoms with Gasteiger partial charge in [-0.3, -0.25) is 14.4 Å². The number of hydrogen-bond acceptors (Lipinski definition) is 7. The van der Waals surface area contributed by atoms with E-state index in [-0.39, 0.29) is 23.0 Å². The van der Waals surface area contributed by atoms with Gasteiger partial charge >= 0.3 is 0 Å². The minimum atomic E-state index is -0.568. The zero-order valence-electron chi connectivity index (χ0n) is 21.4. The van der Waals surface area contributed by atoms with Crippen molar-refractivity contribution in [3.8, 4) is 22.5 Å². The summed E-state index contributed by atoms with van der Waals surface area (Å²) in [4.78, 5) is 43.8. The highest BCUT2D eigenvalue weighted by Crippen LogP contribution is 2.32. The first kappa shape index (κ1) is 25.3. The number of nitrogens with zero attached hydrogens (tertiary/aromatic N) is 3. The standard InChI is InChI=1S/C32H22N4O3S/c1-19(31(39)33-22-16-17-25-26(18-22)30(38)24-15-9-8-14-23(24)29(25)37)40-32-34-27(20-10-4-2-5-11-20)28(35-36-32)21-12-6-3-7-13-21/h2-19H,1H3,(H,33,39). The molecule has 0 aliphatic heterocycles. The third-order valence-corrected chi connectivity index (χ3v) is 7.56. The first-order valence-electron chi connectivity index (χ1n) is 12.6. The molecule has 40 heavy (non-hydrogen) atoms. The molecule has 8 heteroatoms. The number of fused-ring (bicyclic) bond motifs is 2. The number of aromatic nitrogens is 3. The van der Waals surface area contributed by atoms with E-state index in [9.17, 15) is 14.4 Å². The largest absolute Gasteiger partial charge is 0.325 e. The van der Waals surface area contributed by atoms with Crippen LogP contribution in [0.25, 0.3) is 22.5 Å². The third kappa shape index (κ3) is 4.81. The molecule has 5 aromatic rings. The number of hydrogen-bond donors (Lipinski definition) is 1. The highest BCUT2D eigenvalue weighted by atomic mass is 32.2. The maximum atomic E-state index is 13.1. The zero-order valence-corrected chi connectivity index (χ0v) is 22.2. The van der Waals surface area contributed by atoms with Crippen LogP contribution < -0.4 is 5.32 Å².